The number of fused-ring (bicyclic) bond motifs is 1. The third-order valence-electron chi connectivity index (χ3n) is 3.52. The summed E-state index contributed by atoms with van der Waals surface area (Å²) in [5.74, 6) is 0.0887. The molecule has 0 fully saturated rings. The summed E-state index contributed by atoms with van der Waals surface area (Å²) in [5, 5.41) is 12.4. The lowest BCUT2D eigenvalue weighted by Gasteiger charge is -2.07. The molecule has 0 aliphatic carbocycles. The summed E-state index contributed by atoms with van der Waals surface area (Å²) in [6.07, 6.45) is 1.67. The number of amides is 1. The number of anilines is 1. The molecule has 0 atom stereocenters. The lowest BCUT2D eigenvalue weighted by molar-refractivity contribution is -0.113. The van der Waals surface area contributed by atoms with Gasteiger partial charge in [-0.3, -0.25) is 9.20 Å². The Kier molecular flexibility index (Phi) is 4.99. The van der Waals surface area contributed by atoms with Crippen molar-refractivity contribution in [3.63, 3.8) is 0 Å². The summed E-state index contributed by atoms with van der Waals surface area (Å²) in [5.41, 5.74) is 3.61. The van der Waals surface area contributed by atoms with Crippen molar-refractivity contribution < 1.29 is 4.79 Å². The SMILES string of the molecule is Cc1ccc(NC(=O)CSc2nnc3c(Cl)cc(Cl)cn23)cc1C. The Morgan fingerprint density at radius 3 is 2.75 bits per heavy atom. The number of halogens is 2. The lowest BCUT2D eigenvalue weighted by atomic mass is 10.1. The Morgan fingerprint density at radius 1 is 1.21 bits per heavy atom. The number of pyridine rings is 1. The monoisotopic (exact) mass is 380 g/mol. The Labute approximate surface area is 153 Å². The topological polar surface area (TPSA) is 59.3 Å². The number of hydrogen-bond acceptors (Lipinski definition) is 4. The summed E-state index contributed by atoms with van der Waals surface area (Å²) in [6.45, 7) is 4.04. The number of aromatic nitrogens is 3. The Hall–Kier alpha value is -1.76. The lowest BCUT2D eigenvalue weighted by Crippen LogP contribution is -2.14. The Bertz CT molecular complexity index is 926. The van der Waals surface area contributed by atoms with E-state index in [-0.39, 0.29) is 11.7 Å². The fraction of sp³-hybridized carbons (Fsp3) is 0.188. The number of carbonyl (C=O) groups excluding carboxylic acids is 1. The minimum absolute atomic E-state index is 0.117. The minimum Gasteiger partial charge on any atom is -0.325 e. The molecule has 0 spiro atoms. The first kappa shape index (κ1) is 17.1. The summed E-state index contributed by atoms with van der Waals surface area (Å²) in [7, 11) is 0. The van der Waals surface area contributed by atoms with Gasteiger partial charge in [0.05, 0.1) is 15.8 Å². The van der Waals surface area contributed by atoms with Gasteiger partial charge in [0.25, 0.3) is 0 Å². The van der Waals surface area contributed by atoms with Crippen LogP contribution < -0.4 is 5.32 Å². The van der Waals surface area contributed by atoms with Crippen LogP contribution in [-0.4, -0.2) is 26.3 Å². The van der Waals surface area contributed by atoms with Crippen LogP contribution in [0.2, 0.25) is 10.0 Å². The van der Waals surface area contributed by atoms with Crippen molar-refractivity contribution in [2.75, 3.05) is 11.1 Å². The molecule has 1 aromatic carbocycles. The van der Waals surface area contributed by atoms with Gasteiger partial charge < -0.3 is 5.32 Å². The van der Waals surface area contributed by atoms with Crippen molar-refractivity contribution in [3.05, 3.63) is 51.6 Å². The van der Waals surface area contributed by atoms with E-state index in [1.54, 1.807) is 16.7 Å². The van der Waals surface area contributed by atoms with Gasteiger partial charge >= 0.3 is 0 Å². The van der Waals surface area contributed by atoms with Gasteiger partial charge in [-0.15, -0.1) is 10.2 Å². The van der Waals surface area contributed by atoms with Gasteiger partial charge in [-0.2, -0.15) is 0 Å². The molecule has 2 aromatic heterocycles. The van der Waals surface area contributed by atoms with Crippen molar-refractivity contribution in [2.24, 2.45) is 0 Å². The molecule has 0 radical (unpaired) electrons. The van der Waals surface area contributed by atoms with Gasteiger partial charge in [0.2, 0.25) is 5.91 Å². The van der Waals surface area contributed by atoms with Gasteiger partial charge in [-0.1, -0.05) is 41.0 Å². The molecule has 1 N–H and O–H groups in total. The van der Waals surface area contributed by atoms with Gasteiger partial charge in [-0.25, -0.2) is 0 Å². The summed E-state index contributed by atoms with van der Waals surface area (Å²) < 4.78 is 1.68. The highest BCUT2D eigenvalue weighted by molar-refractivity contribution is 7.99. The smallest absolute Gasteiger partial charge is 0.234 e. The van der Waals surface area contributed by atoms with Gasteiger partial charge in [0, 0.05) is 11.9 Å². The Morgan fingerprint density at radius 2 is 2.00 bits per heavy atom. The van der Waals surface area contributed by atoms with Crippen molar-refractivity contribution in [2.45, 2.75) is 19.0 Å². The molecule has 0 saturated carbocycles. The average Bonchev–Trinajstić information content (AvgIpc) is 2.92. The van der Waals surface area contributed by atoms with E-state index in [1.165, 1.54) is 17.3 Å². The molecule has 5 nitrogen and oxygen atoms in total. The number of benzene rings is 1. The maximum absolute atomic E-state index is 12.1. The molecule has 0 aliphatic heterocycles. The second-order valence-corrected chi connectivity index (χ2v) is 7.10. The van der Waals surface area contributed by atoms with Crippen molar-refractivity contribution in [3.8, 4) is 0 Å². The summed E-state index contributed by atoms with van der Waals surface area (Å²) in [6, 6.07) is 7.42. The second-order valence-electron chi connectivity index (χ2n) is 5.32. The van der Waals surface area contributed by atoms with Crippen molar-refractivity contribution in [1.29, 1.82) is 0 Å². The van der Waals surface area contributed by atoms with Crippen LogP contribution in [0.5, 0.6) is 0 Å². The molecule has 0 saturated heterocycles. The first-order valence-corrected chi connectivity index (χ1v) is 8.88. The molecule has 0 aliphatic rings. The molecule has 3 aromatic rings. The van der Waals surface area contributed by atoms with E-state index in [4.69, 9.17) is 23.2 Å². The fourth-order valence-electron chi connectivity index (χ4n) is 2.15. The molecule has 124 valence electrons. The van der Waals surface area contributed by atoms with E-state index in [2.05, 4.69) is 15.5 Å². The highest BCUT2D eigenvalue weighted by Gasteiger charge is 2.12. The van der Waals surface area contributed by atoms with Crippen LogP contribution in [0, 0.1) is 13.8 Å². The quantitative estimate of drug-likeness (QED) is 0.682. The van der Waals surface area contributed by atoms with Crippen LogP contribution in [0.3, 0.4) is 0 Å². The predicted octanol–water partition coefficient (Wildman–Crippen LogP) is 4.38. The van der Waals surface area contributed by atoms with E-state index >= 15 is 0 Å². The first-order chi connectivity index (χ1) is 11.4. The van der Waals surface area contributed by atoms with Crippen LogP contribution in [0.15, 0.2) is 35.6 Å². The maximum Gasteiger partial charge on any atom is 0.234 e. The van der Waals surface area contributed by atoms with Crippen LogP contribution >= 0.6 is 35.0 Å². The molecule has 0 unspecified atom stereocenters. The number of aryl methyl sites for hydroxylation is 2. The summed E-state index contributed by atoms with van der Waals surface area (Å²) in [4.78, 5) is 12.1. The van der Waals surface area contributed by atoms with Gasteiger partial charge in [0.1, 0.15) is 0 Å². The van der Waals surface area contributed by atoms with Crippen molar-refractivity contribution >= 4 is 52.2 Å². The van der Waals surface area contributed by atoms with Crippen LogP contribution in [0.1, 0.15) is 11.1 Å². The highest BCUT2D eigenvalue weighted by Crippen LogP contribution is 2.25. The third-order valence-corrected chi connectivity index (χ3v) is 4.95. The molecule has 1 amide bonds. The van der Waals surface area contributed by atoms with Gasteiger partial charge in [0.15, 0.2) is 10.8 Å². The number of nitrogens with zero attached hydrogens (tertiary/aromatic N) is 3. The van der Waals surface area contributed by atoms with Gasteiger partial charge in [-0.05, 0) is 43.2 Å². The summed E-state index contributed by atoms with van der Waals surface area (Å²) >= 11 is 13.3. The second kappa shape index (κ2) is 7.01. The molecule has 0 bridgehead atoms. The Balaban J connectivity index is 1.69. The molecular formula is C16H14Cl2N4OS. The maximum atomic E-state index is 12.1. The fourth-order valence-corrected chi connectivity index (χ4v) is 3.37. The van der Waals surface area contributed by atoms with Crippen LogP contribution in [0.25, 0.3) is 5.65 Å². The van der Waals surface area contributed by atoms with E-state index in [0.717, 1.165) is 11.3 Å². The number of rotatable bonds is 4. The van der Waals surface area contributed by atoms with E-state index < -0.39 is 0 Å². The molecular weight excluding hydrogens is 367 g/mol. The number of carbonyl (C=O) groups is 1. The first-order valence-electron chi connectivity index (χ1n) is 7.14. The highest BCUT2D eigenvalue weighted by atomic mass is 35.5. The molecule has 24 heavy (non-hydrogen) atoms. The molecule has 3 rings (SSSR count). The van der Waals surface area contributed by atoms with Crippen LogP contribution in [0.4, 0.5) is 5.69 Å². The zero-order valence-corrected chi connectivity index (χ0v) is 15.3. The van der Waals surface area contributed by atoms with Crippen LogP contribution in [-0.2, 0) is 4.79 Å². The number of hydrogen-bond donors (Lipinski definition) is 1. The standard InChI is InChI=1S/C16H14Cl2N4OS/c1-9-3-4-12(5-10(9)2)19-14(23)8-24-16-21-20-15-13(18)6-11(17)7-22(15)16/h3-7H,8H2,1-2H3,(H,19,23). The van der Waals surface area contributed by atoms with E-state index in [1.807, 2.05) is 32.0 Å². The zero-order chi connectivity index (χ0) is 17.3. The number of nitrogens with one attached hydrogen (secondary N) is 1. The largest absolute Gasteiger partial charge is 0.325 e. The molecule has 8 heteroatoms. The third kappa shape index (κ3) is 3.66. The zero-order valence-electron chi connectivity index (χ0n) is 13.0. The molecule has 2 heterocycles. The average molecular weight is 381 g/mol. The van der Waals surface area contributed by atoms with E-state index in [0.29, 0.717) is 20.8 Å². The number of thioether (sulfide) groups is 1. The van der Waals surface area contributed by atoms with Crippen molar-refractivity contribution in [1.82, 2.24) is 14.6 Å². The predicted molar refractivity (Wildman–Crippen MR) is 98.3 cm³/mol. The minimum atomic E-state index is -0.117. The normalized spacial score (nSPS) is 11.0. The van der Waals surface area contributed by atoms with E-state index in [9.17, 15) is 4.79 Å².